The van der Waals surface area contributed by atoms with Gasteiger partial charge in [0.1, 0.15) is 16.9 Å². The number of hydrogen-bond acceptors (Lipinski definition) is 15. The Morgan fingerprint density at radius 3 is 2.12 bits per heavy atom. The summed E-state index contributed by atoms with van der Waals surface area (Å²) >= 11 is 4.80. The van der Waals surface area contributed by atoms with Gasteiger partial charge in [-0.25, -0.2) is 15.0 Å². The number of nitrogens with one attached hydrogen (secondary N) is 1. The van der Waals surface area contributed by atoms with Crippen molar-refractivity contribution >= 4 is 40.1 Å². The molecule has 1 atom stereocenters. The third kappa shape index (κ3) is 16.7. The number of ether oxygens (including phenoxy) is 3. The minimum atomic E-state index is -0.172. The van der Waals surface area contributed by atoms with Crippen LogP contribution in [0.5, 0.6) is 5.75 Å². The second-order valence-electron chi connectivity index (χ2n) is 12.0. The molecule has 2 aliphatic heterocycles. The summed E-state index contributed by atoms with van der Waals surface area (Å²) in [6.07, 6.45) is 7.40. The maximum atomic E-state index is 13.3. The first-order valence-electron chi connectivity index (χ1n) is 18.6. The van der Waals surface area contributed by atoms with E-state index in [2.05, 4.69) is 182 Å². The largest absolute Gasteiger partial charge is 0.497 e. The molecule has 66 heavy (non-hydrogen) atoms. The first-order valence-corrected chi connectivity index (χ1v) is 19.8. The number of fused-ring (bicyclic) bond motifs is 5. The lowest BCUT2D eigenvalue weighted by Crippen LogP contribution is -2.41. The number of benzene rings is 1. The maximum Gasteiger partial charge on any atom is 0.352 e. The lowest BCUT2D eigenvalue weighted by molar-refractivity contribution is -0.572. The average molecular weight is 937 g/mol. The first kappa shape index (κ1) is 50.2. The number of methoxy groups -OCH3 is 1. The summed E-state index contributed by atoms with van der Waals surface area (Å²) in [4.78, 5) is 29.6. The van der Waals surface area contributed by atoms with Crippen molar-refractivity contribution in [2.75, 3.05) is 40.0 Å². The van der Waals surface area contributed by atoms with E-state index in [4.69, 9.17) is 31.4 Å². The fourth-order valence-corrected chi connectivity index (χ4v) is 6.94. The van der Waals surface area contributed by atoms with E-state index in [0.29, 0.717) is 32.0 Å². The van der Waals surface area contributed by atoms with Crippen LogP contribution in [-0.4, -0.2) is 80.8 Å². The Morgan fingerprint density at radius 2 is 1.59 bits per heavy atom. The average Bonchev–Trinajstić information content (AvgIpc) is 3.99. The van der Waals surface area contributed by atoms with E-state index in [1.165, 1.54) is 21.3 Å². The summed E-state index contributed by atoms with van der Waals surface area (Å²) in [5.74, 6) is 52.7. The summed E-state index contributed by atoms with van der Waals surface area (Å²) in [5.41, 5.74) is 8.88. The Hall–Kier alpha value is -8.44. The summed E-state index contributed by atoms with van der Waals surface area (Å²) in [5, 5.41) is 21.0. The van der Waals surface area contributed by atoms with Crippen molar-refractivity contribution in [1.82, 2.24) is 29.4 Å². The van der Waals surface area contributed by atoms with Crippen LogP contribution in [0.25, 0.3) is 15.9 Å². The standard InChI is InChI=1S/C23H25N5O4S.C23H4.H3N5O4S.10H2/c1-30-16-4-2-15(3-5-16)10-27-22-20(21-24-14-25-28(21)23(27)29)18-6-7-26(12-19(18)33-22)11-17-13-31-8-9-32-17;1-3-5-7-9-11-13-15-17-19-21-23-22-20-18-16-14-12-10-8-6-4-2;1-2-3-4-5(7-6)8-9-10;;;;;;;;;;/h2-5,14,17H,6-13H2,1H3;1H,2H3;1,6,10H;10*1H/b;;2-1?,4-3+;;;;;;;;;;. The molecule has 1 saturated heterocycles. The molecule has 20 heteroatoms. The number of rotatable bonds is 10. The number of thiophene rings is 1. The van der Waals surface area contributed by atoms with Crippen molar-refractivity contribution in [3.63, 3.8) is 0 Å². The highest BCUT2D eigenvalue weighted by atomic mass is 32.1. The van der Waals surface area contributed by atoms with Gasteiger partial charge in [0.05, 0.1) is 50.3 Å². The Labute approximate surface area is 404 Å². The Kier molecular flexibility index (Phi) is 22.7. The van der Waals surface area contributed by atoms with E-state index >= 15 is 0 Å². The summed E-state index contributed by atoms with van der Waals surface area (Å²) in [6, 6.07) is 7.81. The van der Waals surface area contributed by atoms with Gasteiger partial charge in [-0.1, -0.05) is 23.0 Å². The topological polar surface area (TPSA) is 195 Å². The van der Waals surface area contributed by atoms with Gasteiger partial charge in [0, 0.05) is 80.6 Å². The van der Waals surface area contributed by atoms with Gasteiger partial charge >= 0.3 is 5.69 Å². The Bertz CT molecular complexity index is 3200. The SMILES string of the molecule is C#CC#CC#CC#CC#CC#CC#CC#CC#CC#CC#CC.COc1ccc(Cn2c(=O)n3ncnc3c3c4c(sc32)CN(CC2COCCO2)CC4)cc1.N=N/N=N/N(OO)OOS.[HH].[HH].[HH].[HH].[HH].[HH].[HH].[HH].[HH].[HH]. The number of terminal acetylenes is 1. The molecule has 0 aliphatic carbocycles. The van der Waals surface area contributed by atoms with Crippen LogP contribution >= 0.6 is 24.2 Å². The van der Waals surface area contributed by atoms with Crippen LogP contribution in [0.15, 0.2) is 51.1 Å². The van der Waals surface area contributed by atoms with Crippen LogP contribution in [0, 0.1) is 136 Å². The molecule has 346 valence electrons. The molecule has 0 bridgehead atoms. The van der Waals surface area contributed by atoms with Crippen LogP contribution in [0.2, 0.25) is 0 Å². The molecule has 0 spiro atoms. The van der Waals surface area contributed by atoms with Gasteiger partial charge in [-0.2, -0.15) is 15.1 Å². The zero-order valence-corrected chi connectivity index (χ0v) is 36.6. The normalized spacial score (nSPS) is 12.5. The highest BCUT2D eigenvalue weighted by molar-refractivity contribution is 7.74. The maximum absolute atomic E-state index is 13.3. The molecule has 5 heterocycles. The van der Waals surface area contributed by atoms with Crippen LogP contribution < -0.4 is 10.4 Å². The van der Waals surface area contributed by atoms with E-state index in [1.54, 1.807) is 25.4 Å². The Morgan fingerprint density at radius 1 is 0.970 bits per heavy atom. The third-order valence-corrected chi connectivity index (χ3v) is 9.35. The van der Waals surface area contributed by atoms with E-state index in [9.17, 15) is 4.79 Å². The fourth-order valence-electron chi connectivity index (χ4n) is 5.51. The minimum absolute atomic E-state index is 0. The van der Waals surface area contributed by atoms with Gasteiger partial charge in [0.25, 0.3) is 0 Å². The van der Waals surface area contributed by atoms with Crippen molar-refractivity contribution in [3.05, 3.63) is 57.1 Å². The Balaban J connectivity index is -0.000000198. The molecule has 3 aromatic heterocycles. The van der Waals surface area contributed by atoms with Gasteiger partial charge in [0.2, 0.25) is 0 Å². The molecule has 1 fully saturated rings. The molecular formula is C46H52N10O8S2. The molecule has 1 aromatic carbocycles. The smallest absolute Gasteiger partial charge is 0.352 e. The van der Waals surface area contributed by atoms with Gasteiger partial charge in [-0.15, -0.1) is 22.1 Å². The highest BCUT2D eigenvalue weighted by Crippen LogP contribution is 2.36. The van der Waals surface area contributed by atoms with Gasteiger partial charge in [-0.3, -0.25) is 9.47 Å². The predicted octanol–water partition coefficient (Wildman–Crippen LogP) is 5.78. The molecule has 0 amide bonds. The minimum Gasteiger partial charge on any atom is -0.497 e. The molecule has 4 aromatic rings. The first-order chi connectivity index (χ1) is 32.5. The zero-order chi connectivity index (χ0) is 47.0. The lowest BCUT2D eigenvalue weighted by atomic mass is 10.0. The molecular weight excluding hydrogens is 885 g/mol. The molecule has 18 nitrogen and oxygen atoms in total. The van der Waals surface area contributed by atoms with Crippen molar-refractivity contribution < 1.29 is 48.0 Å². The number of thiol groups is 1. The zero-order valence-electron chi connectivity index (χ0n) is 34.9. The lowest BCUT2D eigenvalue weighted by Gasteiger charge is -2.32. The second kappa shape index (κ2) is 29.8. The quantitative estimate of drug-likeness (QED) is 0.0434. The summed E-state index contributed by atoms with van der Waals surface area (Å²) in [7, 11) is 1.65. The number of hydrogen-bond donors (Lipinski definition) is 3. The molecule has 0 radical (unpaired) electrons. The second-order valence-corrected chi connectivity index (χ2v) is 13.2. The molecule has 2 aliphatic rings. The fraction of sp³-hybridized carbons (Fsp3) is 0.239. The molecule has 2 N–H and O–H groups in total. The van der Waals surface area contributed by atoms with E-state index in [-0.39, 0.29) is 31.4 Å². The van der Waals surface area contributed by atoms with E-state index < -0.39 is 0 Å². The van der Waals surface area contributed by atoms with Gasteiger partial charge < -0.3 is 14.2 Å². The van der Waals surface area contributed by atoms with Crippen molar-refractivity contribution in [1.29, 1.82) is 5.53 Å². The van der Waals surface area contributed by atoms with Crippen LogP contribution in [0.4, 0.5) is 0 Å². The van der Waals surface area contributed by atoms with Crippen molar-refractivity contribution in [3.8, 4) is 137 Å². The van der Waals surface area contributed by atoms with Crippen LogP contribution in [0.3, 0.4) is 0 Å². The van der Waals surface area contributed by atoms with Crippen LogP contribution in [0.1, 0.15) is 37.2 Å². The summed E-state index contributed by atoms with van der Waals surface area (Å²) < 4.78 is 23.6. The predicted molar refractivity (Wildman–Crippen MR) is 264 cm³/mol. The van der Waals surface area contributed by atoms with Crippen LogP contribution in [-0.2, 0) is 43.3 Å². The molecule has 0 saturated carbocycles. The number of nitrogens with zero attached hydrogens (tertiary/aromatic N) is 9. The molecule has 1 unspecified atom stereocenters. The monoisotopic (exact) mass is 936 g/mol. The van der Waals surface area contributed by atoms with Gasteiger partial charge in [0.15, 0.2) is 5.65 Å². The highest BCUT2D eigenvalue weighted by Gasteiger charge is 2.28. The molecule has 6 rings (SSSR count). The van der Waals surface area contributed by atoms with Crippen molar-refractivity contribution in [2.24, 2.45) is 15.7 Å². The van der Waals surface area contributed by atoms with E-state index in [1.807, 2.05) is 28.8 Å². The van der Waals surface area contributed by atoms with Crippen molar-refractivity contribution in [2.45, 2.75) is 32.5 Å². The summed E-state index contributed by atoms with van der Waals surface area (Å²) in [6.45, 7) is 6.78. The van der Waals surface area contributed by atoms with E-state index in [0.717, 1.165) is 47.6 Å². The van der Waals surface area contributed by atoms with Gasteiger partial charge in [-0.05, 0) is 147 Å². The number of aromatic nitrogens is 4. The third-order valence-electron chi connectivity index (χ3n) is 8.04.